The largest absolute Gasteiger partial charge is 0.456 e. The molecule has 0 fully saturated rings. The highest BCUT2D eigenvalue weighted by atomic mass is 16.5. The first-order valence-electron chi connectivity index (χ1n) is 24.0. The van der Waals surface area contributed by atoms with Crippen LogP contribution in [0.25, 0.3) is 99.8 Å². The quantitative estimate of drug-likeness (QED) is 0.172. The fourth-order valence-corrected chi connectivity index (χ4v) is 12.1. The molecule has 2 aliphatic rings. The topological polar surface area (TPSA) is 32.0 Å². The molecule has 1 unspecified atom stereocenters. The van der Waals surface area contributed by atoms with Gasteiger partial charge in [-0.2, -0.15) is 0 Å². The molecular weight excluding hydrogens is 851 g/mol. The molecule has 0 amide bonds. The number of pyridine rings is 1. The van der Waals surface area contributed by atoms with Crippen LogP contribution in [-0.4, -0.2) is 14.1 Å². The molecule has 10 aromatic carbocycles. The summed E-state index contributed by atoms with van der Waals surface area (Å²) in [5.41, 5.74) is 19.5. The van der Waals surface area contributed by atoms with Crippen molar-refractivity contribution in [1.82, 2.24) is 14.1 Å². The zero-order valence-corrected chi connectivity index (χ0v) is 37.9. The molecule has 0 saturated heterocycles. The molecule has 3 aromatic heterocycles. The molecule has 4 heteroatoms. The van der Waals surface area contributed by atoms with Gasteiger partial charge in [-0.3, -0.25) is 0 Å². The highest BCUT2D eigenvalue weighted by Gasteiger charge is 2.50. The van der Waals surface area contributed by atoms with Gasteiger partial charge in [0.1, 0.15) is 11.5 Å². The Morgan fingerprint density at radius 3 is 1.74 bits per heavy atom. The predicted octanol–water partition coefficient (Wildman–Crippen LogP) is 16.7. The fraction of sp³-hybridized carbons (Fsp3) is 0.0152. The van der Waals surface area contributed by atoms with E-state index in [0.717, 1.165) is 89.5 Å². The summed E-state index contributed by atoms with van der Waals surface area (Å²) in [4.78, 5) is 5.27. The van der Waals surface area contributed by atoms with Gasteiger partial charge in [-0.05, 0) is 88.5 Å². The highest BCUT2D eigenvalue weighted by molar-refractivity contribution is 6.17. The Labute approximate surface area is 404 Å². The average Bonchev–Trinajstić information content (AvgIpc) is 3.96. The van der Waals surface area contributed by atoms with Crippen LogP contribution in [0, 0.1) is 0 Å². The molecule has 0 aliphatic carbocycles. The second kappa shape index (κ2) is 14.9. The Hall–Kier alpha value is -9.25. The second-order valence-corrected chi connectivity index (χ2v) is 18.6. The van der Waals surface area contributed by atoms with Crippen molar-refractivity contribution in [3.8, 4) is 67.6 Å². The molecule has 1 atom stereocenters. The van der Waals surface area contributed by atoms with Gasteiger partial charge in [0.05, 0.1) is 44.6 Å². The lowest BCUT2D eigenvalue weighted by Crippen LogP contribution is -2.37. The summed E-state index contributed by atoms with van der Waals surface area (Å²) < 4.78 is 12.2. The van der Waals surface area contributed by atoms with Crippen LogP contribution in [0.4, 0.5) is 0 Å². The number of hydrogen-bond acceptors (Lipinski definition) is 2. The number of hydrogen-bond donors (Lipinski definition) is 0. The first-order valence-corrected chi connectivity index (χ1v) is 24.0. The van der Waals surface area contributed by atoms with E-state index in [0.29, 0.717) is 0 Å². The van der Waals surface area contributed by atoms with Gasteiger partial charge in [-0.25, -0.2) is 4.98 Å². The maximum atomic E-state index is 7.31. The van der Waals surface area contributed by atoms with Crippen molar-refractivity contribution in [3.63, 3.8) is 0 Å². The van der Waals surface area contributed by atoms with Crippen LogP contribution >= 0.6 is 0 Å². The maximum Gasteiger partial charge on any atom is 0.140 e. The van der Waals surface area contributed by atoms with Gasteiger partial charge in [0, 0.05) is 55.0 Å². The van der Waals surface area contributed by atoms with E-state index in [-0.39, 0.29) is 0 Å². The lowest BCUT2D eigenvalue weighted by Gasteiger charge is -2.45. The zero-order chi connectivity index (χ0) is 45.9. The number of rotatable bonds is 5. The van der Waals surface area contributed by atoms with E-state index in [1.807, 2.05) is 0 Å². The monoisotopic (exact) mass is 891 g/mol. The number of benzene rings is 10. The number of fused-ring (bicyclic) bond motifs is 14. The Morgan fingerprint density at radius 2 is 0.943 bits per heavy atom. The molecule has 2 aliphatic heterocycles. The average molecular weight is 892 g/mol. The van der Waals surface area contributed by atoms with E-state index in [4.69, 9.17) is 9.72 Å². The number of aromatic nitrogens is 3. The van der Waals surface area contributed by atoms with E-state index in [1.54, 1.807) is 0 Å². The van der Waals surface area contributed by atoms with E-state index >= 15 is 0 Å². The molecule has 0 radical (unpaired) electrons. The molecule has 0 N–H and O–H groups in total. The summed E-state index contributed by atoms with van der Waals surface area (Å²) in [6.45, 7) is 0. The summed E-state index contributed by atoms with van der Waals surface area (Å²) in [7, 11) is 0. The molecule has 1 spiro atoms. The van der Waals surface area contributed by atoms with Crippen molar-refractivity contribution >= 4 is 43.6 Å². The minimum Gasteiger partial charge on any atom is -0.456 e. The Balaban J connectivity index is 1.01. The molecule has 4 nitrogen and oxygen atoms in total. The Morgan fingerprint density at radius 1 is 0.357 bits per heavy atom. The van der Waals surface area contributed by atoms with Crippen LogP contribution in [0.5, 0.6) is 11.5 Å². The summed E-state index contributed by atoms with van der Waals surface area (Å²) in [6, 6.07) is 90.2. The fourth-order valence-electron chi connectivity index (χ4n) is 12.1. The number of ether oxygens (including phenoxy) is 1. The van der Waals surface area contributed by atoms with Crippen molar-refractivity contribution < 1.29 is 4.74 Å². The third-order valence-corrected chi connectivity index (χ3v) is 15.0. The van der Waals surface area contributed by atoms with Gasteiger partial charge in [0.15, 0.2) is 0 Å². The minimum atomic E-state index is -0.671. The molecule has 13 aromatic rings. The summed E-state index contributed by atoms with van der Waals surface area (Å²) in [5, 5.41) is 4.84. The van der Waals surface area contributed by atoms with Crippen molar-refractivity contribution in [3.05, 3.63) is 271 Å². The molecule has 5 heterocycles. The lowest BCUT2D eigenvalue weighted by atomic mass is 9.61. The van der Waals surface area contributed by atoms with Gasteiger partial charge in [0.2, 0.25) is 0 Å². The van der Waals surface area contributed by atoms with Gasteiger partial charge >= 0.3 is 0 Å². The lowest BCUT2D eigenvalue weighted by molar-refractivity contribution is 0.435. The van der Waals surface area contributed by atoms with Crippen molar-refractivity contribution in [2.75, 3.05) is 0 Å². The zero-order valence-electron chi connectivity index (χ0n) is 37.9. The second-order valence-electron chi connectivity index (χ2n) is 18.6. The van der Waals surface area contributed by atoms with Crippen molar-refractivity contribution in [1.29, 1.82) is 0 Å². The molecule has 70 heavy (non-hydrogen) atoms. The van der Waals surface area contributed by atoms with Crippen LogP contribution in [0.2, 0.25) is 0 Å². The summed E-state index contributed by atoms with van der Waals surface area (Å²) >= 11 is 0. The first-order chi connectivity index (χ1) is 34.7. The number of nitrogens with zero attached hydrogens (tertiary/aromatic N) is 3. The van der Waals surface area contributed by atoms with Crippen molar-refractivity contribution in [2.45, 2.75) is 5.41 Å². The summed E-state index contributed by atoms with van der Waals surface area (Å²) in [5.74, 6) is 1.74. The number of para-hydroxylation sites is 6. The van der Waals surface area contributed by atoms with Crippen LogP contribution in [-0.2, 0) is 5.41 Å². The third-order valence-electron chi connectivity index (χ3n) is 15.0. The molecule has 15 rings (SSSR count). The molecule has 0 saturated carbocycles. The van der Waals surface area contributed by atoms with Crippen LogP contribution in [0.1, 0.15) is 22.3 Å². The smallest absolute Gasteiger partial charge is 0.140 e. The summed E-state index contributed by atoms with van der Waals surface area (Å²) in [6.07, 6.45) is 0. The third kappa shape index (κ3) is 5.38. The maximum absolute atomic E-state index is 7.31. The normalized spacial score (nSPS) is 14.5. The van der Waals surface area contributed by atoms with Gasteiger partial charge in [0.25, 0.3) is 0 Å². The Kier molecular flexibility index (Phi) is 8.25. The highest BCUT2D eigenvalue weighted by Crippen LogP contribution is 2.61. The van der Waals surface area contributed by atoms with Crippen LogP contribution in [0.3, 0.4) is 0 Å². The van der Waals surface area contributed by atoms with Crippen LogP contribution < -0.4 is 4.74 Å². The minimum absolute atomic E-state index is 0.671. The molecular formula is C66H41N3O. The van der Waals surface area contributed by atoms with E-state index in [2.05, 4.69) is 258 Å². The Bertz CT molecular complexity index is 4210. The standard InChI is InChI=1S/C66H41N3O/c1-4-19-42(20-5-1)56-40-45(41-57(67-56)43-21-6-2-7-22-43)47-26-18-35-61-63(47)51-39-44(37-38-59(51)68(61)46-23-8-3-9-24-46)48-27-16-32-55-65(48)70-62-36-15-12-30-53(62)66(55)52-29-11-14-34-60(52)69-58-33-13-10-25-49(58)50-28-17-31-54(66)64(50)69/h1-41H. The van der Waals surface area contributed by atoms with E-state index in [9.17, 15) is 0 Å². The van der Waals surface area contributed by atoms with Crippen molar-refractivity contribution in [2.24, 2.45) is 0 Å². The molecule has 326 valence electrons. The predicted molar refractivity (Wildman–Crippen MR) is 287 cm³/mol. The van der Waals surface area contributed by atoms with Crippen LogP contribution in [0.15, 0.2) is 249 Å². The van der Waals surface area contributed by atoms with Gasteiger partial charge in [-0.15, -0.1) is 0 Å². The van der Waals surface area contributed by atoms with E-state index < -0.39 is 5.41 Å². The van der Waals surface area contributed by atoms with Gasteiger partial charge in [-0.1, -0.05) is 188 Å². The molecule has 0 bridgehead atoms. The van der Waals surface area contributed by atoms with E-state index in [1.165, 1.54) is 44.0 Å². The first kappa shape index (κ1) is 38.8. The van der Waals surface area contributed by atoms with Gasteiger partial charge < -0.3 is 13.9 Å². The SMILES string of the molecule is c1ccc(-c2cc(-c3cccc4c3c3cc(-c5cccc6c5Oc5ccccc5C65c6ccccc6-n6c7ccccc7c7cccc5c76)ccc3n4-c3ccccc3)cc(-c3ccccc3)n2)cc1.